The molecule has 2 atom stereocenters. The first-order valence-electron chi connectivity index (χ1n) is 8.56. The number of benzene rings is 1. The van der Waals surface area contributed by atoms with Gasteiger partial charge < -0.3 is 10.0 Å². The maximum Gasteiger partial charge on any atom is 0.308 e. The molecule has 2 saturated heterocycles. The van der Waals surface area contributed by atoms with Crippen LogP contribution in [0.4, 0.5) is 0 Å². The van der Waals surface area contributed by atoms with E-state index in [0.29, 0.717) is 19.4 Å². The lowest BCUT2D eigenvalue weighted by Gasteiger charge is -2.26. The Morgan fingerprint density at radius 3 is 2.36 bits per heavy atom. The predicted molar refractivity (Wildman–Crippen MR) is 93.0 cm³/mol. The van der Waals surface area contributed by atoms with Crippen LogP contribution < -0.4 is 0 Å². The van der Waals surface area contributed by atoms with Crippen molar-refractivity contribution in [3.63, 3.8) is 0 Å². The molecule has 0 unspecified atom stereocenters. The zero-order valence-corrected chi connectivity index (χ0v) is 15.0. The van der Waals surface area contributed by atoms with Crippen molar-refractivity contribution >= 4 is 21.7 Å². The third kappa shape index (κ3) is 3.71. The van der Waals surface area contributed by atoms with Gasteiger partial charge in [-0.3, -0.25) is 9.59 Å². The van der Waals surface area contributed by atoms with Crippen LogP contribution in [0.25, 0.3) is 0 Å². The predicted octanol–water partition coefficient (Wildman–Crippen LogP) is 1.45. The highest BCUT2D eigenvalue weighted by molar-refractivity contribution is 7.91. The summed E-state index contributed by atoms with van der Waals surface area (Å²) < 4.78 is 23.1. The Morgan fingerprint density at radius 1 is 1.12 bits per heavy atom. The summed E-state index contributed by atoms with van der Waals surface area (Å²) in [6.07, 6.45) is 0.675. The fourth-order valence-corrected chi connectivity index (χ4v) is 5.44. The Hall–Kier alpha value is -1.89. The summed E-state index contributed by atoms with van der Waals surface area (Å²) in [5.74, 6) is -2.07. The molecular weight excluding hydrogens is 342 g/mol. The molecule has 1 amide bonds. The first-order chi connectivity index (χ1) is 11.8. The number of amides is 1. The van der Waals surface area contributed by atoms with Crippen molar-refractivity contribution in [2.24, 2.45) is 11.8 Å². The van der Waals surface area contributed by atoms with Crippen LogP contribution in [0.3, 0.4) is 0 Å². The number of sulfone groups is 1. The van der Waals surface area contributed by atoms with E-state index in [1.807, 2.05) is 31.2 Å². The van der Waals surface area contributed by atoms with Crippen LogP contribution in [-0.4, -0.2) is 54.9 Å². The van der Waals surface area contributed by atoms with Crippen molar-refractivity contribution in [2.45, 2.75) is 25.7 Å². The molecule has 0 radical (unpaired) electrons. The second-order valence-electron chi connectivity index (χ2n) is 7.08. The van der Waals surface area contributed by atoms with E-state index in [-0.39, 0.29) is 35.8 Å². The molecule has 1 aromatic carbocycles. The fraction of sp³-hybridized carbons (Fsp3) is 0.556. The summed E-state index contributed by atoms with van der Waals surface area (Å²) in [6, 6.07) is 7.68. The number of aryl methyl sites for hydroxylation is 1. The monoisotopic (exact) mass is 365 g/mol. The number of hydrogen-bond acceptors (Lipinski definition) is 4. The van der Waals surface area contributed by atoms with Gasteiger partial charge >= 0.3 is 5.97 Å². The molecule has 136 valence electrons. The summed E-state index contributed by atoms with van der Waals surface area (Å²) in [6.45, 7) is 2.52. The number of carbonyl (C=O) groups excluding carboxylic acids is 1. The second-order valence-corrected chi connectivity index (χ2v) is 9.38. The van der Waals surface area contributed by atoms with Crippen molar-refractivity contribution in [3.8, 4) is 0 Å². The van der Waals surface area contributed by atoms with Crippen LogP contribution in [-0.2, 0) is 19.4 Å². The van der Waals surface area contributed by atoms with Gasteiger partial charge in [-0.1, -0.05) is 24.3 Å². The zero-order valence-electron chi connectivity index (χ0n) is 14.2. The van der Waals surface area contributed by atoms with E-state index >= 15 is 0 Å². The maximum absolute atomic E-state index is 12.8. The van der Waals surface area contributed by atoms with Crippen LogP contribution in [0.2, 0.25) is 0 Å². The van der Waals surface area contributed by atoms with Gasteiger partial charge in [-0.2, -0.15) is 0 Å². The van der Waals surface area contributed by atoms with Gasteiger partial charge in [-0.05, 0) is 30.9 Å². The second kappa shape index (κ2) is 6.78. The smallest absolute Gasteiger partial charge is 0.308 e. The lowest BCUT2D eigenvalue weighted by Crippen LogP contribution is -2.39. The maximum atomic E-state index is 12.8. The lowest BCUT2D eigenvalue weighted by molar-refractivity contribution is -0.142. The summed E-state index contributed by atoms with van der Waals surface area (Å²) in [4.78, 5) is 26.1. The van der Waals surface area contributed by atoms with Crippen molar-refractivity contribution < 1.29 is 23.1 Å². The molecule has 0 aliphatic carbocycles. The SMILES string of the molecule is Cc1ccccc1[C@@H]1CN(C(=O)C2CCS(=O)(=O)CC2)C[C@H]1C(=O)O. The first kappa shape index (κ1) is 17.9. The Labute approximate surface area is 147 Å². The Morgan fingerprint density at radius 2 is 1.76 bits per heavy atom. The van der Waals surface area contributed by atoms with Gasteiger partial charge in [0.25, 0.3) is 0 Å². The third-order valence-electron chi connectivity index (χ3n) is 5.44. The molecule has 0 saturated carbocycles. The number of carboxylic acids is 1. The Kier molecular flexibility index (Phi) is 4.86. The minimum atomic E-state index is -3.02. The van der Waals surface area contributed by atoms with Crippen LogP contribution >= 0.6 is 0 Å². The van der Waals surface area contributed by atoms with Gasteiger partial charge in [0.2, 0.25) is 5.91 Å². The molecule has 25 heavy (non-hydrogen) atoms. The minimum Gasteiger partial charge on any atom is -0.481 e. The molecule has 2 fully saturated rings. The van der Waals surface area contributed by atoms with Gasteiger partial charge in [0, 0.05) is 24.9 Å². The molecule has 0 bridgehead atoms. The van der Waals surface area contributed by atoms with E-state index in [4.69, 9.17) is 0 Å². The van der Waals surface area contributed by atoms with E-state index in [9.17, 15) is 23.1 Å². The average Bonchev–Trinajstić information content (AvgIpc) is 3.00. The van der Waals surface area contributed by atoms with Gasteiger partial charge in [0.15, 0.2) is 0 Å². The minimum absolute atomic E-state index is 0.0425. The molecule has 2 aliphatic heterocycles. The fourth-order valence-electron chi connectivity index (χ4n) is 3.95. The highest BCUT2D eigenvalue weighted by Crippen LogP contribution is 2.36. The Bertz CT molecular complexity index is 774. The molecule has 1 N–H and O–H groups in total. The summed E-state index contributed by atoms with van der Waals surface area (Å²) in [5.41, 5.74) is 1.99. The van der Waals surface area contributed by atoms with Crippen molar-refractivity contribution in [1.29, 1.82) is 0 Å². The third-order valence-corrected chi connectivity index (χ3v) is 7.16. The number of carbonyl (C=O) groups is 2. The molecule has 2 aliphatic rings. The number of likely N-dealkylation sites (tertiary alicyclic amines) is 1. The van der Waals surface area contributed by atoms with Crippen LogP contribution in [0.5, 0.6) is 0 Å². The van der Waals surface area contributed by atoms with Crippen LogP contribution in [0, 0.1) is 18.8 Å². The Balaban J connectivity index is 1.77. The van der Waals surface area contributed by atoms with Crippen molar-refractivity contribution in [2.75, 3.05) is 24.6 Å². The van der Waals surface area contributed by atoms with E-state index in [1.165, 1.54) is 0 Å². The molecule has 3 rings (SSSR count). The van der Waals surface area contributed by atoms with Gasteiger partial charge in [-0.25, -0.2) is 8.42 Å². The van der Waals surface area contributed by atoms with Gasteiger partial charge in [-0.15, -0.1) is 0 Å². The molecule has 2 heterocycles. The van der Waals surface area contributed by atoms with E-state index in [2.05, 4.69) is 0 Å². The number of rotatable bonds is 3. The lowest BCUT2D eigenvalue weighted by atomic mass is 9.86. The number of aliphatic carboxylic acids is 1. The highest BCUT2D eigenvalue weighted by atomic mass is 32.2. The van der Waals surface area contributed by atoms with E-state index in [1.54, 1.807) is 4.90 Å². The largest absolute Gasteiger partial charge is 0.481 e. The molecular formula is C18H23NO5S. The van der Waals surface area contributed by atoms with Crippen LogP contribution in [0.15, 0.2) is 24.3 Å². The quantitative estimate of drug-likeness (QED) is 0.875. The van der Waals surface area contributed by atoms with Crippen molar-refractivity contribution in [3.05, 3.63) is 35.4 Å². The normalized spacial score (nSPS) is 26.5. The van der Waals surface area contributed by atoms with Gasteiger partial charge in [0.1, 0.15) is 9.84 Å². The number of hydrogen-bond donors (Lipinski definition) is 1. The summed E-state index contributed by atoms with van der Waals surface area (Å²) in [5, 5.41) is 9.60. The topological polar surface area (TPSA) is 91.8 Å². The molecule has 0 aromatic heterocycles. The summed E-state index contributed by atoms with van der Waals surface area (Å²) in [7, 11) is -3.02. The molecule has 7 heteroatoms. The van der Waals surface area contributed by atoms with E-state index in [0.717, 1.165) is 11.1 Å². The van der Waals surface area contributed by atoms with Crippen molar-refractivity contribution in [1.82, 2.24) is 4.90 Å². The highest BCUT2D eigenvalue weighted by Gasteiger charge is 2.43. The molecule has 0 spiro atoms. The van der Waals surface area contributed by atoms with E-state index < -0.39 is 21.7 Å². The number of carboxylic acid groups (broad SMARTS) is 1. The van der Waals surface area contributed by atoms with Crippen LogP contribution in [0.1, 0.15) is 29.9 Å². The first-order valence-corrected chi connectivity index (χ1v) is 10.4. The number of nitrogens with zero attached hydrogens (tertiary/aromatic N) is 1. The van der Waals surface area contributed by atoms with Gasteiger partial charge in [0.05, 0.1) is 17.4 Å². The zero-order chi connectivity index (χ0) is 18.2. The summed E-state index contributed by atoms with van der Waals surface area (Å²) >= 11 is 0. The average molecular weight is 365 g/mol. The molecule has 1 aromatic rings. The molecule has 6 nitrogen and oxygen atoms in total. The standard InChI is InChI=1S/C18H23NO5S/c1-12-4-2-3-5-14(12)15-10-19(11-16(15)18(21)22)17(20)13-6-8-25(23,24)9-7-13/h2-5,13,15-16H,6-11H2,1H3,(H,21,22)/t15-,16+/m0/s1.